The first-order valence-corrected chi connectivity index (χ1v) is 5.48. The first kappa shape index (κ1) is 14.4. The predicted octanol–water partition coefficient (Wildman–Crippen LogP) is 3.57. The number of rotatable bonds is 3. The van der Waals surface area contributed by atoms with E-state index in [9.17, 15) is 18.0 Å². The lowest BCUT2D eigenvalue weighted by Gasteiger charge is -2.12. The zero-order valence-electron chi connectivity index (χ0n) is 10.5. The van der Waals surface area contributed by atoms with Gasteiger partial charge in [-0.15, -0.1) is 13.2 Å². The Balaban J connectivity index is 3.64. The fourth-order valence-corrected chi connectivity index (χ4v) is 1.70. The fraction of sp³-hybridized carbons (Fsp3) is 0.636. The molecule has 0 spiro atoms. The summed E-state index contributed by atoms with van der Waals surface area (Å²) < 4.78 is 38.6. The minimum atomic E-state index is -4.63. The summed E-state index contributed by atoms with van der Waals surface area (Å²) in [6.07, 6.45) is -3.33. The Hall–Kier alpha value is -1.62. The van der Waals surface area contributed by atoms with Crippen molar-refractivity contribution in [3.8, 4) is 0 Å². The maximum Gasteiger partial charge on any atom is 0.504 e. The van der Waals surface area contributed by atoms with E-state index in [-0.39, 0.29) is 27.7 Å². The third kappa shape index (κ3) is 2.61. The summed E-state index contributed by atoms with van der Waals surface area (Å²) in [4.78, 5) is 13.8. The van der Waals surface area contributed by atoms with Gasteiger partial charge in [-0.25, -0.2) is 4.79 Å². The Morgan fingerprint density at radius 1 is 1.22 bits per heavy atom. The monoisotopic (exact) mass is 261 g/mol. The van der Waals surface area contributed by atoms with E-state index in [1.807, 2.05) is 0 Å². The van der Waals surface area contributed by atoms with Crippen LogP contribution in [0.2, 0.25) is 0 Å². The number of halogens is 3. The smallest absolute Gasteiger partial charge is 0.211 e. The lowest BCUT2D eigenvalue weighted by molar-refractivity contribution is -0.214. The summed E-state index contributed by atoms with van der Waals surface area (Å²) in [6.45, 7) is 6.56. The van der Waals surface area contributed by atoms with Crippen molar-refractivity contribution in [2.45, 2.75) is 45.8 Å². The van der Waals surface area contributed by atoms with Crippen molar-refractivity contribution in [3.63, 3.8) is 0 Å². The van der Waals surface area contributed by atoms with Crippen LogP contribution in [0.3, 0.4) is 0 Å². The van der Waals surface area contributed by atoms with E-state index < -0.39 is 12.2 Å². The standard InChI is InChI=1S/C11H14F3N3O/c1-6(2)8-9(15-5-18)10(7(3)4)17(16-8)11(12,13)14/h6-7H,1-4H3. The molecule has 1 aromatic rings. The van der Waals surface area contributed by atoms with Crippen molar-refractivity contribution in [3.05, 3.63) is 11.4 Å². The highest BCUT2D eigenvalue weighted by molar-refractivity contribution is 5.57. The fourth-order valence-electron chi connectivity index (χ4n) is 1.70. The molecule has 0 aliphatic rings. The minimum Gasteiger partial charge on any atom is -0.211 e. The van der Waals surface area contributed by atoms with Gasteiger partial charge in [0, 0.05) is 0 Å². The molecule has 0 N–H and O–H groups in total. The molecule has 1 rings (SSSR count). The van der Waals surface area contributed by atoms with Crippen LogP contribution in [0.4, 0.5) is 18.9 Å². The second-order valence-electron chi connectivity index (χ2n) is 4.51. The number of isocyanates is 1. The van der Waals surface area contributed by atoms with Crippen molar-refractivity contribution < 1.29 is 18.0 Å². The van der Waals surface area contributed by atoms with E-state index in [4.69, 9.17) is 0 Å². The molecule has 0 saturated carbocycles. The molecule has 0 atom stereocenters. The van der Waals surface area contributed by atoms with E-state index in [1.54, 1.807) is 27.7 Å². The summed E-state index contributed by atoms with van der Waals surface area (Å²) in [6, 6.07) is 0. The highest BCUT2D eigenvalue weighted by Gasteiger charge is 2.38. The average Bonchev–Trinajstić information content (AvgIpc) is 2.57. The van der Waals surface area contributed by atoms with Crippen LogP contribution >= 0.6 is 0 Å². The quantitative estimate of drug-likeness (QED) is 0.616. The van der Waals surface area contributed by atoms with E-state index in [0.29, 0.717) is 0 Å². The molecule has 18 heavy (non-hydrogen) atoms. The molecular formula is C11H14F3N3O. The van der Waals surface area contributed by atoms with Crippen LogP contribution in [0.5, 0.6) is 0 Å². The molecule has 7 heteroatoms. The molecule has 0 radical (unpaired) electrons. The van der Waals surface area contributed by atoms with Crippen LogP contribution in [0.15, 0.2) is 4.99 Å². The van der Waals surface area contributed by atoms with Gasteiger partial charge in [0.25, 0.3) is 0 Å². The maximum atomic E-state index is 12.9. The molecular weight excluding hydrogens is 247 g/mol. The predicted molar refractivity (Wildman–Crippen MR) is 59.5 cm³/mol. The Kier molecular flexibility index (Phi) is 3.96. The van der Waals surface area contributed by atoms with Gasteiger partial charge >= 0.3 is 6.30 Å². The molecule has 0 unspecified atom stereocenters. The summed E-state index contributed by atoms with van der Waals surface area (Å²) >= 11 is 0. The molecule has 1 heterocycles. The van der Waals surface area contributed by atoms with Crippen molar-refractivity contribution in [2.24, 2.45) is 4.99 Å². The average molecular weight is 261 g/mol. The van der Waals surface area contributed by atoms with Gasteiger partial charge in [-0.3, -0.25) is 0 Å². The zero-order valence-corrected chi connectivity index (χ0v) is 10.5. The molecule has 1 aromatic heterocycles. The van der Waals surface area contributed by atoms with Gasteiger partial charge in [-0.05, 0) is 11.8 Å². The van der Waals surface area contributed by atoms with Crippen LogP contribution < -0.4 is 0 Å². The topological polar surface area (TPSA) is 47.2 Å². The van der Waals surface area contributed by atoms with Gasteiger partial charge < -0.3 is 0 Å². The van der Waals surface area contributed by atoms with Gasteiger partial charge in [-0.1, -0.05) is 27.7 Å². The molecule has 0 saturated heterocycles. The molecule has 100 valence electrons. The van der Waals surface area contributed by atoms with Crippen LogP contribution in [0, 0.1) is 0 Å². The van der Waals surface area contributed by atoms with Crippen molar-refractivity contribution in [1.29, 1.82) is 0 Å². The molecule has 4 nitrogen and oxygen atoms in total. The summed E-state index contributed by atoms with van der Waals surface area (Å²) in [7, 11) is 0. The third-order valence-corrected chi connectivity index (χ3v) is 2.41. The van der Waals surface area contributed by atoms with Crippen molar-refractivity contribution in [1.82, 2.24) is 9.78 Å². The first-order valence-electron chi connectivity index (χ1n) is 5.48. The van der Waals surface area contributed by atoms with Crippen LogP contribution in [-0.4, -0.2) is 15.9 Å². The van der Waals surface area contributed by atoms with Crippen molar-refractivity contribution >= 4 is 11.8 Å². The number of hydrogen-bond acceptors (Lipinski definition) is 3. The SMILES string of the molecule is CC(C)c1nn(C(F)(F)F)c(C(C)C)c1N=C=O. The van der Waals surface area contributed by atoms with E-state index in [1.165, 1.54) is 6.08 Å². The van der Waals surface area contributed by atoms with E-state index >= 15 is 0 Å². The number of alkyl halides is 3. The number of hydrogen-bond donors (Lipinski definition) is 0. The number of carbonyl (C=O) groups excluding carboxylic acids is 1. The Labute approximate surface area is 103 Å². The lowest BCUT2D eigenvalue weighted by atomic mass is 10.0. The highest BCUT2D eigenvalue weighted by Crippen LogP contribution is 2.38. The van der Waals surface area contributed by atoms with Gasteiger partial charge in [0.2, 0.25) is 6.08 Å². The first-order chi connectivity index (χ1) is 8.20. The Bertz CT molecular complexity index is 482. The summed E-state index contributed by atoms with van der Waals surface area (Å²) in [5.41, 5.74) is 0.0150. The van der Waals surface area contributed by atoms with Gasteiger partial charge in [0.1, 0.15) is 5.69 Å². The maximum absolute atomic E-state index is 12.9. The van der Waals surface area contributed by atoms with Gasteiger partial charge in [0.05, 0.1) is 11.4 Å². The molecule has 0 bridgehead atoms. The van der Waals surface area contributed by atoms with E-state index in [0.717, 1.165) is 0 Å². The van der Waals surface area contributed by atoms with Gasteiger partial charge in [-0.2, -0.15) is 14.8 Å². The number of aromatic nitrogens is 2. The van der Waals surface area contributed by atoms with Crippen LogP contribution in [0.1, 0.15) is 50.9 Å². The largest absolute Gasteiger partial charge is 0.504 e. The third-order valence-electron chi connectivity index (χ3n) is 2.41. The molecule has 0 aliphatic heterocycles. The summed E-state index contributed by atoms with van der Waals surface area (Å²) in [5.74, 6) is -0.725. The Morgan fingerprint density at radius 3 is 2.11 bits per heavy atom. The van der Waals surface area contributed by atoms with Crippen LogP contribution in [0.25, 0.3) is 0 Å². The molecule has 0 aromatic carbocycles. The normalized spacial score (nSPS) is 12.1. The molecule has 0 fully saturated rings. The minimum absolute atomic E-state index is 0.0107. The second kappa shape index (κ2) is 4.94. The van der Waals surface area contributed by atoms with Crippen LogP contribution in [-0.2, 0) is 11.1 Å². The highest BCUT2D eigenvalue weighted by atomic mass is 19.4. The lowest BCUT2D eigenvalue weighted by Crippen LogP contribution is -2.21. The Morgan fingerprint density at radius 2 is 1.78 bits per heavy atom. The van der Waals surface area contributed by atoms with E-state index in [2.05, 4.69) is 10.1 Å². The van der Waals surface area contributed by atoms with Crippen molar-refractivity contribution in [2.75, 3.05) is 0 Å². The van der Waals surface area contributed by atoms with Gasteiger partial charge in [0.15, 0.2) is 0 Å². The molecule has 0 aliphatic carbocycles. The zero-order chi connectivity index (χ0) is 14.1. The summed E-state index contributed by atoms with van der Waals surface area (Å²) in [5, 5.41) is 3.54. The number of aliphatic imine (C=N–C) groups is 1. The number of nitrogens with zero attached hydrogens (tertiary/aromatic N) is 3. The molecule has 0 amide bonds. The second-order valence-corrected chi connectivity index (χ2v) is 4.51.